The lowest BCUT2D eigenvalue weighted by molar-refractivity contribution is -0.117. The van der Waals surface area contributed by atoms with Crippen molar-refractivity contribution in [3.63, 3.8) is 0 Å². The largest absolute Gasteiger partial charge is 0.300 e. The zero-order chi connectivity index (χ0) is 22.0. The second-order valence-corrected chi connectivity index (χ2v) is 9.94. The molecule has 0 saturated heterocycles. The van der Waals surface area contributed by atoms with Crippen LogP contribution in [-0.4, -0.2) is 5.78 Å². The molecule has 0 bridgehead atoms. The van der Waals surface area contributed by atoms with Gasteiger partial charge >= 0.3 is 0 Å². The van der Waals surface area contributed by atoms with E-state index in [0.717, 1.165) is 12.8 Å². The van der Waals surface area contributed by atoms with Crippen LogP contribution in [0.2, 0.25) is 0 Å². The second-order valence-electron chi connectivity index (χ2n) is 9.94. The van der Waals surface area contributed by atoms with Crippen LogP contribution in [0, 0.1) is 0 Å². The molecular formula is C29H58O. The predicted molar refractivity (Wildman–Crippen MR) is 136 cm³/mol. The maximum Gasteiger partial charge on any atom is 0.129 e. The average molecular weight is 423 g/mol. The van der Waals surface area contributed by atoms with E-state index in [1.807, 2.05) is 0 Å². The lowest BCUT2D eigenvalue weighted by atomic mass is 10.0. The van der Waals surface area contributed by atoms with Crippen molar-refractivity contribution in [2.75, 3.05) is 0 Å². The topological polar surface area (TPSA) is 17.1 Å². The maximum atomic E-state index is 10.9. The first-order valence-corrected chi connectivity index (χ1v) is 14.3. The molecule has 0 heterocycles. The van der Waals surface area contributed by atoms with Gasteiger partial charge in [0.05, 0.1) is 0 Å². The van der Waals surface area contributed by atoms with Gasteiger partial charge in [0.1, 0.15) is 5.78 Å². The van der Waals surface area contributed by atoms with Crippen LogP contribution in [0.5, 0.6) is 0 Å². The Labute approximate surface area is 191 Å². The average Bonchev–Trinajstić information content (AvgIpc) is 2.73. The molecule has 1 heteroatoms. The van der Waals surface area contributed by atoms with Crippen molar-refractivity contribution in [3.8, 4) is 0 Å². The van der Waals surface area contributed by atoms with E-state index in [1.54, 1.807) is 6.92 Å². The molecular weight excluding hydrogens is 364 g/mol. The fourth-order valence-electron chi connectivity index (χ4n) is 4.51. The number of unbranched alkanes of at least 4 members (excludes halogenated alkanes) is 24. The Kier molecular flexibility index (Phi) is 26.4. The van der Waals surface area contributed by atoms with Crippen molar-refractivity contribution in [1.82, 2.24) is 0 Å². The van der Waals surface area contributed by atoms with Gasteiger partial charge in [-0.15, -0.1) is 0 Å². The molecule has 0 unspecified atom stereocenters. The third kappa shape index (κ3) is 27.7. The van der Waals surface area contributed by atoms with E-state index in [-0.39, 0.29) is 0 Å². The Morgan fingerprint density at radius 2 is 0.567 bits per heavy atom. The van der Waals surface area contributed by atoms with Gasteiger partial charge in [0.2, 0.25) is 0 Å². The van der Waals surface area contributed by atoms with E-state index in [2.05, 4.69) is 6.92 Å². The first kappa shape index (κ1) is 29.7. The molecule has 0 aromatic heterocycles. The molecule has 0 aromatic carbocycles. The molecule has 0 rings (SSSR count). The minimum Gasteiger partial charge on any atom is -0.300 e. The summed E-state index contributed by atoms with van der Waals surface area (Å²) in [5, 5.41) is 0. The minimum atomic E-state index is 0.351. The molecule has 0 spiro atoms. The van der Waals surface area contributed by atoms with Crippen molar-refractivity contribution >= 4 is 5.78 Å². The Morgan fingerprint density at radius 1 is 0.367 bits per heavy atom. The van der Waals surface area contributed by atoms with E-state index in [4.69, 9.17) is 0 Å². The SMILES string of the molecule is CCCCCCCCCCCCCCCCCCCCCCCCCCCC(C)=O. The van der Waals surface area contributed by atoms with Gasteiger partial charge in [-0.25, -0.2) is 0 Å². The van der Waals surface area contributed by atoms with Crippen molar-refractivity contribution < 1.29 is 4.79 Å². The quantitative estimate of drug-likeness (QED) is 0.127. The molecule has 0 atom stereocenters. The third-order valence-electron chi connectivity index (χ3n) is 6.63. The molecule has 1 nitrogen and oxygen atoms in total. The molecule has 0 aromatic rings. The number of Topliss-reactive ketones (excluding diaryl/α,β-unsaturated/α-hetero) is 1. The lowest BCUT2D eigenvalue weighted by Crippen LogP contribution is -1.89. The summed E-state index contributed by atoms with van der Waals surface area (Å²) in [7, 11) is 0. The van der Waals surface area contributed by atoms with Crippen LogP contribution in [0.25, 0.3) is 0 Å². The molecule has 0 fully saturated rings. The molecule has 30 heavy (non-hydrogen) atoms. The van der Waals surface area contributed by atoms with E-state index in [1.165, 1.54) is 154 Å². The summed E-state index contributed by atoms with van der Waals surface area (Å²) in [4.78, 5) is 10.9. The van der Waals surface area contributed by atoms with Gasteiger partial charge < -0.3 is 4.79 Å². The molecule has 0 aliphatic rings. The maximum absolute atomic E-state index is 10.9. The van der Waals surface area contributed by atoms with Crippen LogP contribution in [0.15, 0.2) is 0 Å². The van der Waals surface area contributed by atoms with Gasteiger partial charge in [-0.1, -0.05) is 161 Å². The highest BCUT2D eigenvalue weighted by atomic mass is 16.1. The van der Waals surface area contributed by atoms with E-state index < -0.39 is 0 Å². The first-order valence-electron chi connectivity index (χ1n) is 14.3. The van der Waals surface area contributed by atoms with E-state index in [9.17, 15) is 4.79 Å². The highest BCUT2D eigenvalue weighted by molar-refractivity contribution is 5.75. The number of carbonyl (C=O) groups excluding carboxylic acids is 1. The van der Waals surface area contributed by atoms with Crippen molar-refractivity contribution in [3.05, 3.63) is 0 Å². The summed E-state index contributed by atoms with van der Waals surface area (Å²) >= 11 is 0. The summed E-state index contributed by atoms with van der Waals surface area (Å²) in [6, 6.07) is 0. The van der Waals surface area contributed by atoms with Gasteiger partial charge in [-0.2, -0.15) is 0 Å². The van der Waals surface area contributed by atoms with Crippen LogP contribution in [0.4, 0.5) is 0 Å². The Hall–Kier alpha value is -0.330. The molecule has 0 aliphatic heterocycles. The van der Waals surface area contributed by atoms with Gasteiger partial charge in [-0.05, 0) is 13.3 Å². The zero-order valence-corrected chi connectivity index (χ0v) is 21.3. The monoisotopic (exact) mass is 422 g/mol. The van der Waals surface area contributed by atoms with Crippen LogP contribution < -0.4 is 0 Å². The molecule has 180 valence electrons. The third-order valence-corrected chi connectivity index (χ3v) is 6.63. The highest BCUT2D eigenvalue weighted by Crippen LogP contribution is 2.15. The standard InChI is InChI=1S/C29H58O/c1-3-4-5-6-7-8-9-10-11-12-13-14-15-16-17-18-19-20-21-22-23-24-25-26-27-28-29(2)30/h3-28H2,1-2H3. The number of carbonyl (C=O) groups is 1. The number of rotatable bonds is 26. The summed E-state index contributed by atoms with van der Waals surface area (Å²) in [5.41, 5.74) is 0. The molecule has 0 aliphatic carbocycles. The van der Waals surface area contributed by atoms with Crippen LogP contribution in [-0.2, 0) is 4.79 Å². The molecule has 0 N–H and O–H groups in total. The lowest BCUT2D eigenvalue weighted by Gasteiger charge is -2.04. The Bertz CT molecular complexity index is 322. The van der Waals surface area contributed by atoms with Crippen LogP contribution in [0.1, 0.15) is 181 Å². The van der Waals surface area contributed by atoms with Crippen LogP contribution in [0.3, 0.4) is 0 Å². The van der Waals surface area contributed by atoms with Gasteiger partial charge in [0.15, 0.2) is 0 Å². The van der Waals surface area contributed by atoms with Gasteiger partial charge in [0.25, 0.3) is 0 Å². The number of hydrogen-bond donors (Lipinski definition) is 0. The first-order chi connectivity index (χ1) is 14.8. The summed E-state index contributed by atoms with van der Waals surface area (Å²) in [5.74, 6) is 0.351. The smallest absolute Gasteiger partial charge is 0.129 e. The fourth-order valence-corrected chi connectivity index (χ4v) is 4.51. The van der Waals surface area contributed by atoms with Crippen molar-refractivity contribution in [1.29, 1.82) is 0 Å². The normalized spacial score (nSPS) is 11.3. The Morgan fingerprint density at radius 3 is 0.767 bits per heavy atom. The van der Waals surface area contributed by atoms with Gasteiger partial charge in [-0.3, -0.25) is 0 Å². The van der Waals surface area contributed by atoms with E-state index in [0.29, 0.717) is 5.78 Å². The minimum absolute atomic E-state index is 0.351. The van der Waals surface area contributed by atoms with Crippen LogP contribution >= 0.6 is 0 Å². The zero-order valence-electron chi connectivity index (χ0n) is 21.3. The number of ketones is 1. The molecule has 0 radical (unpaired) electrons. The predicted octanol–water partition coefficient (Wildman–Crippen LogP) is 10.7. The summed E-state index contributed by atoms with van der Waals surface area (Å²) in [6.07, 6.45) is 36.4. The van der Waals surface area contributed by atoms with Crippen molar-refractivity contribution in [2.45, 2.75) is 181 Å². The van der Waals surface area contributed by atoms with Gasteiger partial charge in [0, 0.05) is 6.42 Å². The highest BCUT2D eigenvalue weighted by Gasteiger charge is 1.97. The second kappa shape index (κ2) is 26.7. The Balaban J connectivity index is 2.99. The molecule has 0 saturated carbocycles. The fraction of sp³-hybridized carbons (Fsp3) is 0.966. The summed E-state index contributed by atoms with van der Waals surface area (Å²) in [6.45, 7) is 4.01. The summed E-state index contributed by atoms with van der Waals surface area (Å²) < 4.78 is 0. The van der Waals surface area contributed by atoms with E-state index >= 15 is 0 Å². The molecule has 0 amide bonds. The number of hydrogen-bond acceptors (Lipinski definition) is 1. The van der Waals surface area contributed by atoms with Crippen molar-refractivity contribution in [2.24, 2.45) is 0 Å².